The molecule has 10 aromatic rings. The fraction of sp³-hybridized carbons (Fsp3) is 0.0333. The topological polar surface area (TPSA) is 25.8 Å². The highest BCUT2D eigenvalue weighted by Crippen LogP contribution is 2.61. The molecule has 0 aliphatic heterocycles. The Morgan fingerprint density at radius 2 is 0.726 bits per heavy atom. The summed E-state index contributed by atoms with van der Waals surface area (Å²) in [6, 6.07) is 80.1. The Labute approximate surface area is 361 Å². The molecule has 2 nitrogen and oxygen atoms in total. The molecule has 1 spiro atoms. The van der Waals surface area contributed by atoms with Gasteiger partial charge in [-0.15, -0.1) is 0 Å². The summed E-state index contributed by atoms with van der Waals surface area (Å²) in [5.41, 5.74) is 24.8. The number of benzene rings is 9. The van der Waals surface area contributed by atoms with Crippen molar-refractivity contribution in [2.45, 2.75) is 11.8 Å². The van der Waals surface area contributed by atoms with E-state index < -0.39 is 5.41 Å². The van der Waals surface area contributed by atoms with E-state index in [2.05, 4.69) is 218 Å². The number of aromatic nitrogens is 2. The van der Waals surface area contributed by atoms with Crippen molar-refractivity contribution >= 4 is 0 Å². The molecule has 0 atom stereocenters. The maximum Gasteiger partial charge on any atom is 0.160 e. The Hall–Kier alpha value is -7.94. The summed E-state index contributed by atoms with van der Waals surface area (Å²) < 4.78 is 0. The highest BCUT2D eigenvalue weighted by molar-refractivity contribution is 5.98. The van der Waals surface area contributed by atoms with E-state index in [0.29, 0.717) is 5.82 Å². The largest absolute Gasteiger partial charge is 0.228 e. The van der Waals surface area contributed by atoms with Crippen molar-refractivity contribution in [3.63, 3.8) is 0 Å². The molecule has 1 aromatic heterocycles. The summed E-state index contributed by atoms with van der Waals surface area (Å²) in [4.78, 5) is 10.9. The van der Waals surface area contributed by atoms with Crippen LogP contribution in [0.15, 0.2) is 218 Å². The predicted octanol–water partition coefficient (Wildman–Crippen LogP) is 14.7. The Morgan fingerprint density at radius 3 is 1.40 bits per heavy atom. The van der Waals surface area contributed by atoms with E-state index in [1.54, 1.807) is 0 Å². The highest BCUT2D eigenvalue weighted by atomic mass is 14.9. The van der Waals surface area contributed by atoms with E-state index >= 15 is 0 Å². The standard InChI is InChI=1S/C60H38N2/c1-2-14-38(15-3-1)39-26-28-40(29-27-39)57-37-58(42-30-32-46-44(35-42)34-41-16-4-5-17-45(41)46)62-59(61-57)43-31-33-56-52(36-43)48-19-7-6-18-47(48)49-20-8-11-23-53(49)60(56)54-24-12-9-21-50(54)51-22-10-13-25-55(51)60/h1-33,35-37H,34H2. The van der Waals surface area contributed by atoms with Crippen molar-refractivity contribution in [1.82, 2.24) is 9.97 Å². The molecule has 0 amide bonds. The van der Waals surface area contributed by atoms with E-state index in [1.165, 1.54) is 89.0 Å². The summed E-state index contributed by atoms with van der Waals surface area (Å²) >= 11 is 0. The first-order valence-corrected chi connectivity index (χ1v) is 21.5. The van der Waals surface area contributed by atoms with Gasteiger partial charge in [-0.05, 0) is 114 Å². The third kappa shape index (κ3) is 5.10. The summed E-state index contributed by atoms with van der Waals surface area (Å²) in [5, 5.41) is 0. The first kappa shape index (κ1) is 34.9. The van der Waals surface area contributed by atoms with E-state index in [-0.39, 0.29) is 0 Å². The molecule has 62 heavy (non-hydrogen) atoms. The number of hydrogen-bond acceptors (Lipinski definition) is 2. The SMILES string of the molecule is c1ccc(-c2ccc(-c3cc(-c4ccc5c(c4)Cc4ccccc4-5)nc(-c4ccc5c(c4)-c4ccccc4-c4ccccc4C54c5ccccc5-c5ccccc54)n3)cc2)cc1. The van der Waals surface area contributed by atoms with Gasteiger partial charge in [0.2, 0.25) is 0 Å². The highest BCUT2D eigenvalue weighted by Gasteiger charge is 2.49. The van der Waals surface area contributed by atoms with E-state index in [4.69, 9.17) is 9.97 Å². The molecule has 288 valence electrons. The summed E-state index contributed by atoms with van der Waals surface area (Å²) in [7, 11) is 0. The molecule has 0 saturated heterocycles. The maximum atomic E-state index is 5.46. The minimum absolute atomic E-state index is 0.535. The Morgan fingerprint density at radius 1 is 0.274 bits per heavy atom. The predicted molar refractivity (Wildman–Crippen MR) is 254 cm³/mol. The quantitative estimate of drug-likeness (QED) is 0.178. The lowest BCUT2D eigenvalue weighted by atomic mass is 9.66. The lowest BCUT2D eigenvalue weighted by molar-refractivity contribution is 0.775. The van der Waals surface area contributed by atoms with Crippen molar-refractivity contribution < 1.29 is 0 Å². The van der Waals surface area contributed by atoms with Crippen LogP contribution in [0.25, 0.3) is 89.5 Å². The van der Waals surface area contributed by atoms with Gasteiger partial charge in [0.1, 0.15) is 0 Å². The van der Waals surface area contributed by atoms with Gasteiger partial charge in [-0.25, -0.2) is 9.97 Å². The number of nitrogens with zero attached hydrogens (tertiary/aromatic N) is 2. The molecule has 0 N–H and O–H groups in total. The van der Waals surface area contributed by atoms with Crippen LogP contribution in [-0.2, 0) is 11.8 Å². The molecule has 3 aliphatic carbocycles. The second kappa shape index (κ2) is 13.5. The van der Waals surface area contributed by atoms with Gasteiger partial charge in [-0.1, -0.05) is 200 Å². The van der Waals surface area contributed by atoms with Gasteiger partial charge in [0.15, 0.2) is 5.82 Å². The van der Waals surface area contributed by atoms with Crippen LogP contribution >= 0.6 is 0 Å². The van der Waals surface area contributed by atoms with Crippen molar-refractivity contribution in [2.24, 2.45) is 0 Å². The van der Waals surface area contributed by atoms with Crippen molar-refractivity contribution in [3.8, 4) is 89.5 Å². The smallest absolute Gasteiger partial charge is 0.160 e. The van der Waals surface area contributed by atoms with Crippen LogP contribution in [0.4, 0.5) is 0 Å². The molecular weight excluding hydrogens is 749 g/mol. The number of hydrogen-bond donors (Lipinski definition) is 0. The fourth-order valence-corrected chi connectivity index (χ4v) is 10.8. The van der Waals surface area contributed by atoms with Crippen LogP contribution < -0.4 is 0 Å². The van der Waals surface area contributed by atoms with Gasteiger partial charge in [0.25, 0.3) is 0 Å². The lowest BCUT2D eigenvalue weighted by Crippen LogP contribution is -2.29. The molecule has 0 bridgehead atoms. The molecule has 1 heterocycles. The molecule has 13 rings (SSSR count). The van der Waals surface area contributed by atoms with Gasteiger partial charge in [-0.2, -0.15) is 0 Å². The summed E-state index contributed by atoms with van der Waals surface area (Å²) in [6.45, 7) is 0. The Kier molecular flexibility index (Phi) is 7.62. The van der Waals surface area contributed by atoms with Crippen LogP contribution in [0.5, 0.6) is 0 Å². The second-order valence-electron chi connectivity index (χ2n) is 16.8. The van der Waals surface area contributed by atoms with Crippen molar-refractivity contribution in [2.75, 3.05) is 0 Å². The Bertz CT molecular complexity index is 3390. The molecule has 0 radical (unpaired) electrons. The fourth-order valence-electron chi connectivity index (χ4n) is 10.8. The van der Waals surface area contributed by atoms with Gasteiger partial charge in [0, 0.05) is 16.7 Å². The Balaban J connectivity index is 1.04. The first-order chi connectivity index (χ1) is 30.7. The average molecular weight is 787 g/mol. The van der Waals surface area contributed by atoms with Gasteiger partial charge >= 0.3 is 0 Å². The lowest BCUT2D eigenvalue weighted by Gasteiger charge is -2.35. The van der Waals surface area contributed by atoms with Crippen LogP contribution in [0.1, 0.15) is 33.4 Å². The van der Waals surface area contributed by atoms with Crippen LogP contribution in [0.3, 0.4) is 0 Å². The molecular formula is C60H38N2. The second-order valence-corrected chi connectivity index (χ2v) is 16.8. The third-order valence-corrected chi connectivity index (χ3v) is 13.6. The van der Waals surface area contributed by atoms with Crippen LogP contribution in [-0.4, -0.2) is 9.97 Å². The van der Waals surface area contributed by atoms with E-state index in [1.807, 2.05) is 0 Å². The van der Waals surface area contributed by atoms with Crippen LogP contribution in [0.2, 0.25) is 0 Å². The summed E-state index contributed by atoms with van der Waals surface area (Å²) in [5.74, 6) is 0.705. The zero-order valence-corrected chi connectivity index (χ0v) is 33.9. The molecule has 0 unspecified atom stereocenters. The monoisotopic (exact) mass is 786 g/mol. The average Bonchev–Trinajstić information content (AvgIpc) is 3.84. The molecule has 9 aromatic carbocycles. The van der Waals surface area contributed by atoms with E-state index in [9.17, 15) is 0 Å². The molecule has 3 aliphatic rings. The molecule has 2 heteroatoms. The zero-order valence-electron chi connectivity index (χ0n) is 33.9. The van der Waals surface area contributed by atoms with Crippen LogP contribution in [0, 0.1) is 0 Å². The van der Waals surface area contributed by atoms with Gasteiger partial charge in [0.05, 0.1) is 16.8 Å². The van der Waals surface area contributed by atoms with Gasteiger partial charge in [-0.3, -0.25) is 0 Å². The first-order valence-electron chi connectivity index (χ1n) is 21.5. The minimum atomic E-state index is -0.535. The van der Waals surface area contributed by atoms with Crippen molar-refractivity contribution in [3.05, 3.63) is 252 Å². The minimum Gasteiger partial charge on any atom is -0.228 e. The van der Waals surface area contributed by atoms with Gasteiger partial charge < -0.3 is 0 Å². The normalized spacial score (nSPS) is 13.2. The third-order valence-electron chi connectivity index (χ3n) is 13.6. The van der Waals surface area contributed by atoms with Crippen molar-refractivity contribution in [1.29, 1.82) is 0 Å². The molecule has 0 fully saturated rings. The number of fused-ring (bicyclic) bond motifs is 15. The van der Waals surface area contributed by atoms with E-state index in [0.717, 1.165) is 34.5 Å². The zero-order chi connectivity index (χ0) is 40.8. The molecule has 0 saturated carbocycles. The summed E-state index contributed by atoms with van der Waals surface area (Å²) in [6.07, 6.45) is 0.922. The maximum absolute atomic E-state index is 5.46. The number of rotatable bonds is 4.